The first-order valence-corrected chi connectivity index (χ1v) is 12.1. The summed E-state index contributed by atoms with van der Waals surface area (Å²) in [5.41, 5.74) is 5.73. The number of thioether (sulfide) groups is 1. The third-order valence-corrected chi connectivity index (χ3v) is 6.44. The minimum atomic E-state index is -0.148. The van der Waals surface area contributed by atoms with E-state index in [-0.39, 0.29) is 5.91 Å². The number of hydrogen-bond acceptors (Lipinski definition) is 6. The fraction of sp³-hybridized carbons (Fsp3) is 0.222. The van der Waals surface area contributed by atoms with E-state index in [9.17, 15) is 4.79 Å². The molecule has 0 atom stereocenters. The first-order chi connectivity index (χ1) is 16.6. The second-order valence-electron chi connectivity index (χ2n) is 7.93. The van der Waals surface area contributed by atoms with E-state index in [4.69, 9.17) is 9.26 Å². The van der Waals surface area contributed by atoms with Gasteiger partial charge in [0.2, 0.25) is 0 Å². The number of rotatable bonds is 10. The largest absolute Gasteiger partial charge is 0.372 e. The monoisotopic (exact) mass is 473 g/mol. The Kier molecular flexibility index (Phi) is 8.12. The number of pyridine rings is 1. The lowest BCUT2D eigenvalue weighted by Crippen LogP contribution is -2.23. The zero-order chi connectivity index (χ0) is 23.8. The van der Waals surface area contributed by atoms with Gasteiger partial charge in [-0.3, -0.25) is 4.79 Å². The van der Waals surface area contributed by atoms with Crippen molar-refractivity contribution in [1.82, 2.24) is 15.5 Å². The minimum absolute atomic E-state index is 0.148. The molecular weight excluding hydrogens is 446 g/mol. The minimum Gasteiger partial charge on any atom is -0.372 e. The van der Waals surface area contributed by atoms with Crippen LogP contribution >= 0.6 is 11.8 Å². The Morgan fingerprint density at radius 2 is 1.65 bits per heavy atom. The molecular formula is C27H27N3O3S. The number of aryl methyl sites for hydroxylation is 2. The fourth-order valence-corrected chi connectivity index (χ4v) is 4.56. The highest BCUT2D eigenvalue weighted by molar-refractivity contribution is 7.98. The Morgan fingerprint density at radius 3 is 2.35 bits per heavy atom. The summed E-state index contributed by atoms with van der Waals surface area (Å²) >= 11 is 1.51. The van der Waals surface area contributed by atoms with E-state index in [1.165, 1.54) is 11.8 Å². The van der Waals surface area contributed by atoms with Crippen LogP contribution in [0.15, 0.2) is 82.5 Å². The standard InChI is InChI=1S/C27H27N3O3S/c1-19-25(20(2)33-30-19)18-34-27-24(9-6-14-28-27)26(31)29-15-21-10-12-23(13-11-21)17-32-16-22-7-4-3-5-8-22/h3-14H,15-18H2,1-2H3,(H,29,31). The number of amides is 1. The van der Waals surface area contributed by atoms with E-state index >= 15 is 0 Å². The number of nitrogens with zero attached hydrogens (tertiary/aromatic N) is 2. The van der Waals surface area contributed by atoms with Crippen molar-refractivity contribution in [3.05, 3.63) is 112 Å². The molecule has 0 aliphatic rings. The molecule has 0 aliphatic heterocycles. The quantitative estimate of drug-likeness (QED) is 0.301. The predicted octanol–water partition coefficient (Wildman–Crippen LogP) is 5.63. The number of carbonyl (C=O) groups excluding carboxylic acids is 1. The van der Waals surface area contributed by atoms with Gasteiger partial charge >= 0.3 is 0 Å². The van der Waals surface area contributed by atoms with E-state index in [2.05, 4.69) is 27.6 Å². The smallest absolute Gasteiger partial charge is 0.254 e. The second kappa shape index (κ2) is 11.6. The van der Waals surface area contributed by atoms with Gasteiger partial charge < -0.3 is 14.6 Å². The van der Waals surface area contributed by atoms with Gasteiger partial charge in [0.1, 0.15) is 10.8 Å². The van der Waals surface area contributed by atoms with Crippen LogP contribution in [-0.4, -0.2) is 16.0 Å². The third kappa shape index (κ3) is 6.34. The van der Waals surface area contributed by atoms with Gasteiger partial charge in [0.05, 0.1) is 24.5 Å². The molecule has 0 saturated carbocycles. The van der Waals surface area contributed by atoms with Crippen LogP contribution in [0.4, 0.5) is 0 Å². The first kappa shape index (κ1) is 23.7. The Labute approximate surface area is 203 Å². The zero-order valence-electron chi connectivity index (χ0n) is 19.3. The number of benzene rings is 2. The van der Waals surface area contributed by atoms with Gasteiger partial charge in [0.15, 0.2) is 0 Å². The average molecular weight is 474 g/mol. The van der Waals surface area contributed by atoms with Crippen LogP contribution in [0, 0.1) is 13.8 Å². The van der Waals surface area contributed by atoms with Crippen LogP contribution in [-0.2, 0) is 30.2 Å². The van der Waals surface area contributed by atoms with Gasteiger partial charge in [0, 0.05) is 24.1 Å². The summed E-state index contributed by atoms with van der Waals surface area (Å²) < 4.78 is 11.0. The fourth-order valence-electron chi connectivity index (χ4n) is 3.42. The van der Waals surface area contributed by atoms with Gasteiger partial charge in [-0.2, -0.15) is 0 Å². The molecule has 0 saturated heterocycles. The van der Waals surface area contributed by atoms with Crippen molar-refractivity contribution in [2.24, 2.45) is 0 Å². The maximum absolute atomic E-state index is 12.9. The lowest BCUT2D eigenvalue weighted by molar-refractivity contribution is 0.0947. The number of aromatic nitrogens is 2. The third-order valence-electron chi connectivity index (χ3n) is 5.41. The normalized spacial score (nSPS) is 10.9. The first-order valence-electron chi connectivity index (χ1n) is 11.1. The van der Waals surface area contributed by atoms with Crippen molar-refractivity contribution in [2.75, 3.05) is 0 Å². The zero-order valence-corrected chi connectivity index (χ0v) is 20.1. The van der Waals surface area contributed by atoms with Gasteiger partial charge in [-0.05, 0) is 42.7 Å². The SMILES string of the molecule is Cc1noc(C)c1CSc1ncccc1C(=O)NCc1ccc(COCc2ccccc2)cc1. The maximum atomic E-state index is 12.9. The Morgan fingerprint density at radius 1 is 0.941 bits per heavy atom. The molecule has 2 aromatic heterocycles. The van der Waals surface area contributed by atoms with Crippen LogP contribution in [0.3, 0.4) is 0 Å². The Hall–Kier alpha value is -3.42. The topological polar surface area (TPSA) is 77.2 Å². The second-order valence-corrected chi connectivity index (χ2v) is 8.89. The highest BCUT2D eigenvalue weighted by Gasteiger charge is 2.15. The highest BCUT2D eigenvalue weighted by Crippen LogP contribution is 2.27. The molecule has 34 heavy (non-hydrogen) atoms. The summed E-state index contributed by atoms with van der Waals surface area (Å²) in [6.45, 7) is 5.37. The van der Waals surface area contributed by atoms with Crippen molar-refractivity contribution in [2.45, 2.75) is 44.4 Å². The molecule has 0 fully saturated rings. The van der Waals surface area contributed by atoms with Crippen LogP contribution in [0.5, 0.6) is 0 Å². The van der Waals surface area contributed by atoms with Crippen molar-refractivity contribution in [1.29, 1.82) is 0 Å². The van der Waals surface area contributed by atoms with E-state index in [0.717, 1.165) is 33.7 Å². The van der Waals surface area contributed by atoms with Crippen LogP contribution in [0.1, 0.15) is 44.1 Å². The van der Waals surface area contributed by atoms with Crippen LogP contribution in [0.2, 0.25) is 0 Å². The summed E-state index contributed by atoms with van der Waals surface area (Å²) in [6.07, 6.45) is 1.70. The van der Waals surface area contributed by atoms with Gasteiger partial charge in [-0.15, -0.1) is 11.8 Å². The van der Waals surface area contributed by atoms with Crippen LogP contribution in [0.25, 0.3) is 0 Å². The number of ether oxygens (including phenoxy) is 1. The summed E-state index contributed by atoms with van der Waals surface area (Å²) in [4.78, 5) is 17.3. The van der Waals surface area contributed by atoms with Gasteiger partial charge in [0.25, 0.3) is 5.91 Å². The Bertz CT molecular complexity index is 1200. The molecule has 7 heteroatoms. The lowest BCUT2D eigenvalue weighted by Gasteiger charge is -2.10. The van der Waals surface area contributed by atoms with Gasteiger partial charge in [-0.25, -0.2) is 4.98 Å². The summed E-state index contributed by atoms with van der Waals surface area (Å²) in [7, 11) is 0. The summed E-state index contributed by atoms with van der Waals surface area (Å²) in [5.74, 6) is 1.29. The predicted molar refractivity (Wildman–Crippen MR) is 132 cm³/mol. The maximum Gasteiger partial charge on any atom is 0.254 e. The Balaban J connectivity index is 1.29. The highest BCUT2D eigenvalue weighted by atomic mass is 32.2. The molecule has 4 aromatic rings. The molecule has 6 nitrogen and oxygen atoms in total. The molecule has 0 aliphatic carbocycles. The number of nitrogens with one attached hydrogen (secondary N) is 1. The molecule has 2 aromatic carbocycles. The van der Waals surface area contributed by atoms with E-state index in [0.29, 0.717) is 36.1 Å². The molecule has 0 radical (unpaired) electrons. The molecule has 4 rings (SSSR count). The molecule has 2 heterocycles. The van der Waals surface area contributed by atoms with Crippen molar-refractivity contribution >= 4 is 17.7 Å². The number of carbonyl (C=O) groups is 1. The molecule has 0 bridgehead atoms. The average Bonchev–Trinajstić information content (AvgIpc) is 3.19. The van der Waals surface area contributed by atoms with E-state index in [1.54, 1.807) is 18.3 Å². The van der Waals surface area contributed by atoms with Gasteiger partial charge in [-0.1, -0.05) is 59.8 Å². The van der Waals surface area contributed by atoms with E-state index < -0.39 is 0 Å². The van der Waals surface area contributed by atoms with Crippen LogP contribution < -0.4 is 5.32 Å². The van der Waals surface area contributed by atoms with Crippen molar-refractivity contribution in [3.63, 3.8) is 0 Å². The molecule has 0 spiro atoms. The molecule has 1 N–H and O–H groups in total. The van der Waals surface area contributed by atoms with E-state index in [1.807, 2.05) is 56.3 Å². The number of hydrogen-bond donors (Lipinski definition) is 1. The van der Waals surface area contributed by atoms with Crippen molar-refractivity contribution < 1.29 is 14.1 Å². The summed E-state index contributed by atoms with van der Waals surface area (Å²) in [6, 6.07) is 21.8. The van der Waals surface area contributed by atoms with Crippen molar-refractivity contribution in [3.8, 4) is 0 Å². The lowest BCUT2D eigenvalue weighted by atomic mass is 10.1. The molecule has 0 unspecified atom stereocenters. The molecule has 1 amide bonds. The summed E-state index contributed by atoms with van der Waals surface area (Å²) in [5, 5.41) is 7.68. The molecule has 174 valence electrons.